The SMILES string of the molecule is COc1ccc(C)cc1Nc1ccc(C(=O)N2CCCCC2)nn1. The normalized spacial score (nSPS) is 14.3. The zero-order chi connectivity index (χ0) is 16.9. The summed E-state index contributed by atoms with van der Waals surface area (Å²) >= 11 is 0. The quantitative estimate of drug-likeness (QED) is 0.935. The molecule has 24 heavy (non-hydrogen) atoms. The topological polar surface area (TPSA) is 67.3 Å². The Bertz CT molecular complexity index is 709. The lowest BCUT2D eigenvalue weighted by atomic mass is 10.1. The maximum absolute atomic E-state index is 12.4. The summed E-state index contributed by atoms with van der Waals surface area (Å²) in [6.07, 6.45) is 3.31. The number of aromatic nitrogens is 2. The summed E-state index contributed by atoms with van der Waals surface area (Å²) in [5.41, 5.74) is 2.32. The zero-order valence-corrected chi connectivity index (χ0v) is 14.1. The van der Waals surface area contributed by atoms with Crippen LogP contribution in [0.4, 0.5) is 11.5 Å². The summed E-state index contributed by atoms with van der Waals surface area (Å²) < 4.78 is 5.34. The first-order valence-corrected chi connectivity index (χ1v) is 8.22. The van der Waals surface area contributed by atoms with Gasteiger partial charge in [-0.15, -0.1) is 10.2 Å². The maximum atomic E-state index is 12.4. The number of rotatable bonds is 4. The van der Waals surface area contributed by atoms with Crippen LogP contribution in [0.2, 0.25) is 0 Å². The molecule has 0 bridgehead atoms. The highest BCUT2D eigenvalue weighted by Crippen LogP contribution is 2.27. The van der Waals surface area contributed by atoms with Gasteiger partial charge in [-0.1, -0.05) is 6.07 Å². The number of ether oxygens (including phenoxy) is 1. The third-order valence-electron chi connectivity index (χ3n) is 4.14. The Balaban J connectivity index is 1.73. The number of aryl methyl sites for hydroxylation is 1. The summed E-state index contributed by atoms with van der Waals surface area (Å²) in [7, 11) is 1.63. The van der Waals surface area contributed by atoms with E-state index < -0.39 is 0 Å². The Morgan fingerprint density at radius 1 is 1.12 bits per heavy atom. The van der Waals surface area contributed by atoms with Crippen LogP contribution in [-0.2, 0) is 0 Å². The molecule has 0 saturated carbocycles. The molecule has 1 saturated heterocycles. The van der Waals surface area contributed by atoms with Gasteiger partial charge in [0, 0.05) is 13.1 Å². The monoisotopic (exact) mass is 326 g/mol. The van der Waals surface area contributed by atoms with Crippen molar-refractivity contribution in [3.05, 3.63) is 41.6 Å². The smallest absolute Gasteiger partial charge is 0.274 e. The number of nitrogens with one attached hydrogen (secondary N) is 1. The minimum atomic E-state index is -0.0399. The second-order valence-corrected chi connectivity index (χ2v) is 5.99. The van der Waals surface area contributed by atoms with E-state index in [0.717, 1.165) is 42.9 Å². The number of carbonyl (C=O) groups is 1. The average Bonchev–Trinajstić information content (AvgIpc) is 2.63. The molecule has 0 atom stereocenters. The lowest BCUT2D eigenvalue weighted by Crippen LogP contribution is -2.36. The van der Waals surface area contributed by atoms with Gasteiger partial charge in [0.25, 0.3) is 5.91 Å². The number of nitrogens with zero attached hydrogens (tertiary/aromatic N) is 3. The van der Waals surface area contributed by atoms with Crippen molar-refractivity contribution in [2.75, 3.05) is 25.5 Å². The second-order valence-electron chi connectivity index (χ2n) is 5.99. The van der Waals surface area contributed by atoms with Crippen LogP contribution in [-0.4, -0.2) is 41.2 Å². The van der Waals surface area contributed by atoms with E-state index in [2.05, 4.69) is 15.5 Å². The van der Waals surface area contributed by atoms with E-state index in [-0.39, 0.29) is 5.91 Å². The molecule has 0 radical (unpaired) electrons. The van der Waals surface area contributed by atoms with Gasteiger partial charge in [0.05, 0.1) is 12.8 Å². The van der Waals surface area contributed by atoms with Gasteiger partial charge in [-0.05, 0) is 56.0 Å². The molecule has 2 heterocycles. The first-order valence-electron chi connectivity index (χ1n) is 8.22. The first kappa shape index (κ1) is 16.2. The van der Waals surface area contributed by atoms with Crippen LogP contribution in [0.5, 0.6) is 5.75 Å². The van der Waals surface area contributed by atoms with Gasteiger partial charge in [-0.2, -0.15) is 0 Å². The molecule has 1 aromatic heterocycles. The summed E-state index contributed by atoms with van der Waals surface area (Å²) in [4.78, 5) is 14.2. The molecular formula is C18H22N4O2. The van der Waals surface area contributed by atoms with Crippen molar-refractivity contribution in [1.82, 2.24) is 15.1 Å². The molecule has 3 rings (SSSR count). The van der Waals surface area contributed by atoms with Gasteiger partial charge in [-0.25, -0.2) is 0 Å². The van der Waals surface area contributed by atoms with Gasteiger partial charge in [-0.3, -0.25) is 4.79 Å². The minimum Gasteiger partial charge on any atom is -0.495 e. The van der Waals surface area contributed by atoms with E-state index in [9.17, 15) is 4.79 Å². The van der Waals surface area contributed by atoms with Crippen LogP contribution in [0.1, 0.15) is 35.3 Å². The van der Waals surface area contributed by atoms with E-state index in [1.165, 1.54) is 6.42 Å². The van der Waals surface area contributed by atoms with E-state index >= 15 is 0 Å². The molecule has 0 aliphatic carbocycles. The number of amides is 1. The molecule has 126 valence electrons. The summed E-state index contributed by atoms with van der Waals surface area (Å²) in [5, 5.41) is 11.4. The number of hydrogen-bond donors (Lipinski definition) is 1. The average molecular weight is 326 g/mol. The highest BCUT2D eigenvalue weighted by Gasteiger charge is 2.19. The van der Waals surface area contributed by atoms with E-state index in [1.807, 2.05) is 30.0 Å². The van der Waals surface area contributed by atoms with Gasteiger partial charge < -0.3 is 15.0 Å². The largest absolute Gasteiger partial charge is 0.495 e. The Kier molecular flexibility index (Phi) is 4.93. The number of methoxy groups -OCH3 is 1. The maximum Gasteiger partial charge on any atom is 0.274 e. The molecule has 0 spiro atoms. The molecule has 1 aromatic carbocycles. The molecule has 1 N–H and O–H groups in total. The summed E-state index contributed by atoms with van der Waals surface area (Å²) in [6.45, 7) is 3.62. The fourth-order valence-electron chi connectivity index (χ4n) is 2.83. The predicted molar refractivity (Wildman–Crippen MR) is 92.8 cm³/mol. The van der Waals surface area contributed by atoms with Crippen molar-refractivity contribution in [2.45, 2.75) is 26.2 Å². The lowest BCUT2D eigenvalue weighted by molar-refractivity contribution is 0.0717. The van der Waals surface area contributed by atoms with Gasteiger partial charge in [0.1, 0.15) is 5.75 Å². The highest BCUT2D eigenvalue weighted by molar-refractivity contribution is 5.92. The molecule has 1 aliphatic rings. The zero-order valence-electron chi connectivity index (χ0n) is 14.1. The predicted octanol–water partition coefficient (Wildman–Crippen LogP) is 3.16. The van der Waals surface area contributed by atoms with Crippen molar-refractivity contribution in [3.63, 3.8) is 0 Å². The van der Waals surface area contributed by atoms with Crippen LogP contribution < -0.4 is 10.1 Å². The minimum absolute atomic E-state index is 0.0399. The Hall–Kier alpha value is -2.63. The third kappa shape index (κ3) is 3.64. The van der Waals surface area contributed by atoms with Crippen LogP contribution in [0.3, 0.4) is 0 Å². The fourth-order valence-corrected chi connectivity index (χ4v) is 2.83. The van der Waals surface area contributed by atoms with Crippen LogP contribution in [0, 0.1) is 6.92 Å². The number of carbonyl (C=O) groups excluding carboxylic acids is 1. The number of anilines is 2. The Labute approximate surface area is 141 Å². The van der Waals surface area contributed by atoms with Crippen molar-refractivity contribution in [2.24, 2.45) is 0 Å². The van der Waals surface area contributed by atoms with Gasteiger partial charge >= 0.3 is 0 Å². The van der Waals surface area contributed by atoms with E-state index in [0.29, 0.717) is 11.5 Å². The molecule has 6 heteroatoms. The van der Waals surface area contributed by atoms with Crippen LogP contribution in [0.15, 0.2) is 30.3 Å². The molecular weight excluding hydrogens is 304 g/mol. The van der Waals surface area contributed by atoms with Crippen molar-refractivity contribution in [3.8, 4) is 5.75 Å². The number of hydrogen-bond acceptors (Lipinski definition) is 5. The van der Waals surface area contributed by atoms with Crippen LogP contribution >= 0.6 is 0 Å². The standard InChI is InChI=1S/C18H22N4O2/c1-13-6-8-16(24-2)15(12-13)19-17-9-7-14(20-21-17)18(23)22-10-4-3-5-11-22/h6-9,12H,3-5,10-11H2,1-2H3,(H,19,21). The number of benzene rings is 1. The van der Waals surface area contributed by atoms with Gasteiger partial charge in [0.15, 0.2) is 11.5 Å². The number of likely N-dealkylation sites (tertiary alicyclic amines) is 1. The molecule has 1 amide bonds. The first-order chi connectivity index (χ1) is 11.7. The van der Waals surface area contributed by atoms with E-state index in [1.54, 1.807) is 19.2 Å². The van der Waals surface area contributed by atoms with Crippen LogP contribution in [0.25, 0.3) is 0 Å². The molecule has 0 unspecified atom stereocenters. The lowest BCUT2D eigenvalue weighted by Gasteiger charge is -2.26. The Morgan fingerprint density at radius 3 is 2.58 bits per heavy atom. The third-order valence-corrected chi connectivity index (χ3v) is 4.14. The van der Waals surface area contributed by atoms with Gasteiger partial charge in [0.2, 0.25) is 0 Å². The molecule has 6 nitrogen and oxygen atoms in total. The summed E-state index contributed by atoms with van der Waals surface area (Å²) in [5.74, 6) is 1.27. The number of piperidine rings is 1. The molecule has 2 aromatic rings. The molecule has 1 aliphatic heterocycles. The van der Waals surface area contributed by atoms with Crippen molar-refractivity contribution in [1.29, 1.82) is 0 Å². The van der Waals surface area contributed by atoms with E-state index in [4.69, 9.17) is 4.74 Å². The van der Waals surface area contributed by atoms with Crippen molar-refractivity contribution >= 4 is 17.4 Å². The molecule has 1 fully saturated rings. The summed E-state index contributed by atoms with van der Waals surface area (Å²) in [6, 6.07) is 9.35. The van der Waals surface area contributed by atoms with Crippen molar-refractivity contribution < 1.29 is 9.53 Å². The highest BCUT2D eigenvalue weighted by atomic mass is 16.5. The Morgan fingerprint density at radius 2 is 1.92 bits per heavy atom. The second kappa shape index (κ2) is 7.29. The fraction of sp³-hybridized carbons (Fsp3) is 0.389.